The van der Waals surface area contributed by atoms with E-state index in [4.69, 9.17) is 16.3 Å². The molecule has 2 amide bonds. The monoisotopic (exact) mass is 465 g/mol. The number of anilines is 1. The van der Waals surface area contributed by atoms with E-state index in [1.165, 1.54) is 0 Å². The number of halogens is 1. The number of pyridine rings is 1. The molecule has 33 heavy (non-hydrogen) atoms. The van der Waals surface area contributed by atoms with Gasteiger partial charge in [-0.1, -0.05) is 29.8 Å². The quantitative estimate of drug-likeness (QED) is 0.463. The van der Waals surface area contributed by atoms with Crippen molar-refractivity contribution >= 4 is 40.1 Å². The summed E-state index contributed by atoms with van der Waals surface area (Å²) in [5, 5.41) is 8.66. The number of alkyl carbamates (subject to hydrolysis) is 1. The lowest BCUT2D eigenvalue weighted by molar-refractivity contribution is -0.118. The fourth-order valence-corrected chi connectivity index (χ4v) is 4.02. The minimum Gasteiger partial charge on any atom is -0.444 e. The maximum atomic E-state index is 13.5. The Morgan fingerprint density at radius 3 is 2.48 bits per heavy atom. The molecule has 0 spiro atoms. The van der Waals surface area contributed by atoms with Crippen molar-refractivity contribution in [1.82, 2.24) is 10.3 Å². The zero-order chi connectivity index (χ0) is 23.6. The van der Waals surface area contributed by atoms with Crippen LogP contribution in [0.5, 0.6) is 0 Å². The predicted molar refractivity (Wildman–Crippen MR) is 131 cm³/mol. The van der Waals surface area contributed by atoms with Gasteiger partial charge in [-0.05, 0) is 81.3 Å². The Hall–Kier alpha value is -3.12. The largest absolute Gasteiger partial charge is 0.444 e. The summed E-state index contributed by atoms with van der Waals surface area (Å²) in [6, 6.07) is 14.9. The molecule has 4 rings (SSSR count). The number of hydrogen-bond donors (Lipinski definition) is 2. The number of nitrogens with zero attached hydrogens (tertiary/aromatic N) is 1. The van der Waals surface area contributed by atoms with Crippen LogP contribution in [0.3, 0.4) is 0 Å². The van der Waals surface area contributed by atoms with E-state index >= 15 is 0 Å². The van der Waals surface area contributed by atoms with Gasteiger partial charge in [0.15, 0.2) is 0 Å². The normalized spacial score (nSPS) is 15.5. The first-order chi connectivity index (χ1) is 15.6. The fraction of sp³-hybridized carbons (Fsp3) is 0.346. The standard InChI is InChI=1S/C26H28ClN3O3/c1-25(2,3)33-24(32)30-26(11-12-26)15-22(17-4-7-20(27)8-5-17)23(31)29-21-9-6-19-16-28-13-10-18(19)14-21/h4-10,13-14,16,22H,11-12,15H2,1-3H3,(H,29,31)(H,30,32). The van der Waals surface area contributed by atoms with Crippen molar-refractivity contribution in [2.75, 3.05) is 5.32 Å². The molecule has 1 aromatic heterocycles. The van der Waals surface area contributed by atoms with Crippen LogP contribution in [-0.4, -0.2) is 28.1 Å². The molecule has 2 aromatic carbocycles. The molecule has 0 saturated heterocycles. The van der Waals surface area contributed by atoms with Crippen molar-refractivity contribution < 1.29 is 14.3 Å². The lowest BCUT2D eigenvalue weighted by Gasteiger charge is -2.26. The van der Waals surface area contributed by atoms with Gasteiger partial charge in [-0.3, -0.25) is 9.78 Å². The van der Waals surface area contributed by atoms with Crippen molar-refractivity contribution in [3.63, 3.8) is 0 Å². The number of hydrogen-bond acceptors (Lipinski definition) is 4. The van der Waals surface area contributed by atoms with Crippen molar-refractivity contribution in [3.8, 4) is 0 Å². The van der Waals surface area contributed by atoms with Gasteiger partial charge in [0.1, 0.15) is 5.60 Å². The molecular weight excluding hydrogens is 438 g/mol. The van der Waals surface area contributed by atoms with E-state index in [1.54, 1.807) is 24.5 Å². The third-order valence-electron chi connectivity index (χ3n) is 5.71. The highest BCUT2D eigenvalue weighted by molar-refractivity contribution is 6.30. The van der Waals surface area contributed by atoms with Crippen LogP contribution in [0.2, 0.25) is 5.02 Å². The van der Waals surface area contributed by atoms with E-state index in [-0.39, 0.29) is 5.91 Å². The molecule has 1 aliphatic carbocycles. The minimum absolute atomic E-state index is 0.136. The van der Waals surface area contributed by atoms with Crippen LogP contribution in [0, 0.1) is 0 Å². The summed E-state index contributed by atoms with van der Waals surface area (Å²) < 4.78 is 5.44. The average Bonchev–Trinajstić information content (AvgIpc) is 3.50. The van der Waals surface area contributed by atoms with Crippen LogP contribution in [0.15, 0.2) is 60.9 Å². The number of benzene rings is 2. The molecule has 1 aliphatic rings. The van der Waals surface area contributed by atoms with Gasteiger partial charge < -0.3 is 15.4 Å². The third-order valence-corrected chi connectivity index (χ3v) is 5.96. The Morgan fingerprint density at radius 1 is 1.09 bits per heavy atom. The zero-order valence-corrected chi connectivity index (χ0v) is 19.8. The van der Waals surface area contributed by atoms with Crippen molar-refractivity contribution in [1.29, 1.82) is 0 Å². The SMILES string of the molecule is CC(C)(C)OC(=O)NC1(CC(C(=O)Nc2ccc3cnccc3c2)c2ccc(Cl)cc2)CC1. The van der Waals surface area contributed by atoms with E-state index in [0.717, 1.165) is 29.2 Å². The van der Waals surface area contributed by atoms with Crippen molar-refractivity contribution in [2.45, 2.75) is 57.1 Å². The van der Waals surface area contributed by atoms with Gasteiger partial charge in [-0.2, -0.15) is 0 Å². The van der Waals surface area contributed by atoms with Crippen LogP contribution >= 0.6 is 11.6 Å². The number of ether oxygens (including phenoxy) is 1. The van der Waals surface area contributed by atoms with Gasteiger partial charge in [-0.15, -0.1) is 0 Å². The number of carbonyl (C=O) groups is 2. The summed E-state index contributed by atoms with van der Waals surface area (Å²) in [7, 11) is 0. The van der Waals surface area contributed by atoms with Gasteiger partial charge in [0.05, 0.1) is 5.92 Å². The van der Waals surface area contributed by atoms with Gasteiger partial charge in [0.2, 0.25) is 5.91 Å². The minimum atomic E-state index is -0.585. The molecule has 0 radical (unpaired) electrons. The smallest absolute Gasteiger partial charge is 0.408 e. The number of fused-ring (bicyclic) bond motifs is 1. The van der Waals surface area contributed by atoms with Gasteiger partial charge in [0.25, 0.3) is 0 Å². The molecule has 0 bridgehead atoms. The molecule has 0 aliphatic heterocycles. The van der Waals surface area contributed by atoms with Crippen LogP contribution in [-0.2, 0) is 9.53 Å². The van der Waals surface area contributed by atoms with Crippen LogP contribution in [0.25, 0.3) is 10.8 Å². The van der Waals surface area contributed by atoms with Crippen LogP contribution < -0.4 is 10.6 Å². The number of rotatable bonds is 6. The lowest BCUT2D eigenvalue weighted by atomic mass is 9.90. The third kappa shape index (κ3) is 6.02. The molecule has 172 valence electrons. The fourth-order valence-electron chi connectivity index (χ4n) is 3.89. The summed E-state index contributed by atoms with van der Waals surface area (Å²) in [5.74, 6) is -0.601. The lowest BCUT2D eigenvalue weighted by Crippen LogP contribution is -2.42. The number of aromatic nitrogens is 1. The van der Waals surface area contributed by atoms with Crippen molar-refractivity contribution in [3.05, 3.63) is 71.5 Å². The van der Waals surface area contributed by atoms with Gasteiger partial charge >= 0.3 is 6.09 Å². The molecular formula is C26H28ClN3O3. The first kappa shape index (κ1) is 23.1. The molecule has 6 nitrogen and oxygen atoms in total. The van der Waals surface area contributed by atoms with Crippen LogP contribution in [0.4, 0.5) is 10.5 Å². The van der Waals surface area contributed by atoms with Crippen molar-refractivity contribution in [2.24, 2.45) is 0 Å². The molecule has 3 aromatic rings. The Kier molecular flexibility index (Phi) is 6.30. The summed E-state index contributed by atoms with van der Waals surface area (Å²) in [6.45, 7) is 5.49. The molecule has 1 heterocycles. The molecule has 2 N–H and O–H groups in total. The van der Waals surface area contributed by atoms with Gasteiger partial charge in [0, 0.05) is 34.0 Å². The summed E-state index contributed by atoms with van der Waals surface area (Å²) in [5.41, 5.74) is 0.513. The average molecular weight is 466 g/mol. The second-order valence-corrected chi connectivity index (χ2v) is 10.1. The summed E-state index contributed by atoms with van der Waals surface area (Å²) in [4.78, 5) is 30.0. The predicted octanol–water partition coefficient (Wildman–Crippen LogP) is 6.06. The molecule has 1 fully saturated rings. The first-order valence-corrected chi connectivity index (χ1v) is 11.4. The number of carbonyl (C=O) groups excluding carboxylic acids is 2. The maximum Gasteiger partial charge on any atom is 0.408 e. The van der Waals surface area contributed by atoms with E-state index in [9.17, 15) is 9.59 Å². The Labute approximate surface area is 198 Å². The second-order valence-electron chi connectivity index (χ2n) is 9.64. The van der Waals surface area contributed by atoms with E-state index in [2.05, 4.69) is 15.6 Å². The Morgan fingerprint density at radius 2 is 1.82 bits per heavy atom. The van der Waals surface area contributed by atoms with E-state index in [1.807, 2.05) is 57.2 Å². The topological polar surface area (TPSA) is 80.3 Å². The number of nitrogens with one attached hydrogen (secondary N) is 2. The highest BCUT2D eigenvalue weighted by Gasteiger charge is 2.47. The maximum absolute atomic E-state index is 13.5. The van der Waals surface area contributed by atoms with Crippen LogP contribution in [0.1, 0.15) is 51.5 Å². The molecule has 1 atom stereocenters. The summed E-state index contributed by atoms with van der Waals surface area (Å²) >= 11 is 6.08. The molecule has 7 heteroatoms. The van der Waals surface area contributed by atoms with E-state index < -0.39 is 23.2 Å². The number of amides is 2. The highest BCUT2D eigenvalue weighted by atomic mass is 35.5. The highest BCUT2D eigenvalue weighted by Crippen LogP contribution is 2.44. The zero-order valence-electron chi connectivity index (χ0n) is 19.0. The Bertz CT molecular complexity index is 1170. The second kappa shape index (κ2) is 9.02. The first-order valence-electron chi connectivity index (χ1n) is 11.0. The molecule has 1 unspecified atom stereocenters. The molecule has 1 saturated carbocycles. The summed E-state index contributed by atoms with van der Waals surface area (Å²) in [6.07, 6.45) is 5.12. The van der Waals surface area contributed by atoms with E-state index in [0.29, 0.717) is 17.1 Å². The Balaban J connectivity index is 1.55. The van der Waals surface area contributed by atoms with Gasteiger partial charge in [-0.25, -0.2) is 4.79 Å².